The van der Waals surface area contributed by atoms with Crippen LogP contribution in [0.25, 0.3) is 0 Å². The molecule has 1 heterocycles. The van der Waals surface area contributed by atoms with Crippen molar-refractivity contribution in [3.63, 3.8) is 0 Å². The van der Waals surface area contributed by atoms with Crippen molar-refractivity contribution in [2.75, 3.05) is 6.54 Å². The number of aliphatic hydroxyl groups excluding tert-OH is 2. The summed E-state index contributed by atoms with van der Waals surface area (Å²) >= 11 is 0. The summed E-state index contributed by atoms with van der Waals surface area (Å²) in [5, 5.41) is 29.9. The highest BCUT2D eigenvalue weighted by molar-refractivity contribution is 5.87. The van der Waals surface area contributed by atoms with Gasteiger partial charge in [-0.25, -0.2) is 4.79 Å². The third kappa shape index (κ3) is 5.53. The Morgan fingerprint density at radius 2 is 1.78 bits per heavy atom. The maximum atomic E-state index is 10.9. The summed E-state index contributed by atoms with van der Waals surface area (Å²) in [7, 11) is 0. The Bertz CT molecular complexity index is 597. The zero-order chi connectivity index (χ0) is 19.2. The van der Waals surface area contributed by atoms with E-state index < -0.39 is 12.2 Å². The predicted octanol–water partition coefficient (Wildman–Crippen LogP) is 3.43. The van der Waals surface area contributed by atoms with E-state index in [0.29, 0.717) is 17.5 Å². The van der Waals surface area contributed by atoms with Crippen LogP contribution in [0, 0.1) is 5.92 Å². The second kappa shape index (κ2) is 9.67. The number of aliphatic hydroxyl groups is 2. The number of aryl methyl sites for hydroxylation is 1. The molecular weight excluding hydrogens is 342 g/mol. The zero-order valence-electron chi connectivity index (χ0n) is 16.1. The van der Waals surface area contributed by atoms with Crippen molar-refractivity contribution in [2.45, 2.75) is 82.6 Å². The van der Waals surface area contributed by atoms with Gasteiger partial charge in [0.05, 0.1) is 11.7 Å². The Kier molecular flexibility index (Phi) is 7.27. The van der Waals surface area contributed by atoms with E-state index >= 15 is 0 Å². The fraction of sp³-hybridized carbons (Fsp3) is 0.682. The molecule has 0 spiro atoms. The van der Waals surface area contributed by atoms with Crippen LogP contribution in [-0.4, -0.2) is 51.1 Å². The number of hydrogen-bond acceptors (Lipinski definition) is 4. The number of rotatable bonds is 8. The van der Waals surface area contributed by atoms with Gasteiger partial charge in [-0.1, -0.05) is 31.4 Å². The molecule has 150 valence electrons. The van der Waals surface area contributed by atoms with E-state index in [1.54, 1.807) is 12.1 Å². The van der Waals surface area contributed by atoms with Crippen molar-refractivity contribution in [1.82, 2.24) is 4.90 Å². The summed E-state index contributed by atoms with van der Waals surface area (Å²) in [6.45, 7) is 0.751. The molecule has 0 radical (unpaired) electrons. The normalized spacial score (nSPS) is 25.6. The van der Waals surface area contributed by atoms with Gasteiger partial charge in [0.25, 0.3) is 0 Å². The Morgan fingerprint density at radius 1 is 1.07 bits per heavy atom. The maximum absolute atomic E-state index is 10.9. The summed E-state index contributed by atoms with van der Waals surface area (Å²) in [5.74, 6) is -0.465. The van der Waals surface area contributed by atoms with E-state index in [1.165, 1.54) is 19.3 Å². The van der Waals surface area contributed by atoms with Gasteiger partial charge >= 0.3 is 5.97 Å². The molecule has 5 heteroatoms. The van der Waals surface area contributed by atoms with Crippen molar-refractivity contribution in [3.8, 4) is 0 Å². The molecule has 2 aliphatic rings. The lowest BCUT2D eigenvalue weighted by atomic mass is 9.84. The van der Waals surface area contributed by atoms with E-state index in [0.717, 1.165) is 57.1 Å². The van der Waals surface area contributed by atoms with Crippen molar-refractivity contribution in [3.05, 3.63) is 35.4 Å². The summed E-state index contributed by atoms with van der Waals surface area (Å²) in [5.41, 5.74) is 1.44. The number of benzene rings is 1. The first-order valence-corrected chi connectivity index (χ1v) is 10.5. The van der Waals surface area contributed by atoms with Crippen LogP contribution in [-0.2, 0) is 6.42 Å². The Hall–Kier alpha value is -1.43. The monoisotopic (exact) mass is 375 g/mol. The number of carboxylic acid groups (broad SMARTS) is 1. The molecule has 1 saturated heterocycles. The first-order chi connectivity index (χ1) is 13.0. The van der Waals surface area contributed by atoms with Gasteiger partial charge in [0.15, 0.2) is 0 Å². The molecule has 1 aliphatic carbocycles. The van der Waals surface area contributed by atoms with Crippen LogP contribution in [0.4, 0.5) is 0 Å². The first kappa shape index (κ1) is 20.3. The summed E-state index contributed by atoms with van der Waals surface area (Å²) in [6.07, 6.45) is 9.73. The smallest absolute Gasteiger partial charge is 0.335 e. The molecule has 0 bridgehead atoms. The molecule has 0 aromatic heterocycles. The third-order valence-electron chi connectivity index (χ3n) is 6.45. The van der Waals surface area contributed by atoms with Crippen molar-refractivity contribution >= 4 is 5.97 Å². The molecule has 2 fully saturated rings. The van der Waals surface area contributed by atoms with Crippen LogP contribution < -0.4 is 0 Å². The first-order valence-electron chi connectivity index (χ1n) is 10.5. The minimum Gasteiger partial charge on any atom is -0.478 e. The van der Waals surface area contributed by atoms with Crippen LogP contribution in [0.2, 0.25) is 0 Å². The van der Waals surface area contributed by atoms with E-state index in [-0.39, 0.29) is 6.10 Å². The van der Waals surface area contributed by atoms with Gasteiger partial charge in [0, 0.05) is 12.6 Å². The van der Waals surface area contributed by atoms with Crippen LogP contribution in [0.15, 0.2) is 24.3 Å². The summed E-state index contributed by atoms with van der Waals surface area (Å²) in [4.78, 5) is 13.1. The van der Waals surface area contributed by atoms with Crippen molar-refractivity contribution in [1.29, 1.82) is 0 Å². The highest BCUT2D eigenvalue weighted by atomic mass is 16.4. The predicted molar refractivity (Wildman–Crippen MR) is 105 cm³/mol. The molecule has 1 aromatic rings. The highest BCUT2D eigenvalue weighted by Crippen LogP contribution is 2.30. The Balaban J connectivity index is 1.48. The van der Waals surface area contributed by atoms with E-state index in [2.05, 4.69) is 4.90 Å². The molecule has 3 unspecified atom stereocenters. The number of aromatic carboxylic acids is 1. The largest absolute Gasteiger partial charge is 0.478 e. The Labute approximate surface area is 162 Å². The van der Waals surface area contributed by atoms with E-state index in [4.69, 9.17) is 5.11 Å². The van der Waals surface area contributed by atoms with E-state index in [9.17, 15) is 15.0 Å². The number of likely N-dealkylation sites (tertiary alicyclic amines) is 1. The molecule has 3 N–H and O–H groups in total. The summed E-state index contributed by atoms with van der Waals surface area (Å²) in [6, 6.07) is 7.40. The quantitative estimate of drug-likeness (QED) is 0.649. The number of carboxylic acids is 1. The van der Waals surface area contributed by atoms with Gasteiger partial charge in [-0.05, 0) is 68.6 Å². The van der Waals surface area contributed by atoms with Crippen LogP contribution in [0.5, 0.6) is 0 Å². The minimum atomic E-state index is -0.900. The maximum Gasteiger partial charge on any atom is 0.335 e. The standard InChI is InChI=1S/C22H33NO4/c24-20(17-4-2-1-3-5-17)14-15-23-19(12-13-21(23)25)11-8-16-6-9-18(10-7-16)22(26)27/h6-7,9-10,17,19-21,24-25H,1-5,8,11-15H2,(H,26,27). The minimum absolute atomic E-state index is 0.248. The molecule has 0 amide bonds. The zero-order valence-corrected chi connectivity index (χ0v) is 16.1. The summed E-state index contributed by atoms with van der Waals surface area (Å²) < 4.78 is 0. The lowest BCUT2D eigenvalue weighted by molar-refractivity contribution is -0.00301. The van der Waals surface area contributed by atoms with Gasteiger partial charge in [0.1, 0.15) is 6.23 Å². The number of hydrogen-bond donors (Lipinski definition) is 3. The van der Waals surface area contributed by atoms with Crippen molar-refractivity contribution in [2.24, 2.45) is 5.92 Å². The van der Waals surface area contributed by atoms with Gasteiger partial charge < -0.3 is 15.3 Å². The van der Waals surface area contributed by atoms with Crippen LogP contribution >= 0.6 is 0 Å². The lowest BCUT2D eigenvalue weighted by Crippen LogP contribution is -2.39. The van der Waals surface area contributed by atoms with Crippen LogP contribution in [0.3, 0.4) is 0 Å². The second-order valence-corrected chi connectivity index (χ2v) is 8.24. The molecule has 1 aliphatic heterocycles. The molecule has 3 rings (SSSR count). The number of carbonyl (C=O) groups is 1. The molecule has 3 atom stereocenters. The average molecular weight is 376 g/mol. The van der Waals surface area contributed by atoms with Gasteiger partial charge in [-0.2, -0.15) is 0 Å². The van der Waals surface area contributed by atoms with Gasteiger partial charge in [0.2, 0.25) is 0 Å². The van der Waals surface area contributed by atoms with Gasteiger partial charge in [-0.3, -0.25) is 4.90 Å². The molecule has 1 saturated carbocycles. The third-order valence-corrected chi connectivity index (χ3v) is 6.45. The SMILES string of the molecule is O=C(O)c1ccc(CCC2CCC(O)N2CCC(O)C2CCCCC2)cc1. The average Bonchev–Trinajstić information content (AvgIpc) is 3.05. The molecule has 27 heavy (non-hydrogen) atoms. The Morgan fingerprint density at radius 3 is 2.44 bits per heavy atom. The van der Waals surface area contributed by atoms with Gasteiger partial charge in [-0.15, -0.1) is 0 Å². The lowest BCUT2D eigenvalue weighted by Gasteiger charge is -2.31. The fourth-order valence-electron chi connectivity index (χ4n) is 4.74. The fourth-order valence-corrected chi connectivity index (χ4v) is 4.74. The van der Waals surface area contributed by atoms with Crippen molar-refractivity contribution < 1.29 is 20.1 Å². The molecular formula is C22H33NO4. The molecule has 1 aromatic carbocycles. The topological polar surface area (TPSA) is 81.0 Å². The van der Waals surface area contributed by atoms with Crippen LogP contribution in [0.1, 0.15) is 73.7 Å². The van der Waals surface area contributed by atoms with E-state index in [1.807, 2.05) is 12.1 Å². The highest BCUT2D eigenvalue weighted by Gasteiger charge is 2.32. The number of nitrogens with zero attached hydrogens (tertiary/aromatic N) is 1. The second-order valence-electron chi connectivity index (χ2n) is 8.24. The molecule has 5 nitrogen and oxygen atoms in total.